The minimum absolute atomic E-state index is 0.263. The van der Waals surface area contributed by atoms with Gasteiger partial charge in [-0.15, -0.1) is 0 Å². The summed E-state index contributed by atoms with van der Waals surface area (Å²) in [4.78, 5) is 6.85. The molecular weight excluding hydrogens is 377 g/mol. The van der Waals surface area contributed by atoms with Crippen LogP contribution in [0.2, 0.25) is 0 Å². The van der Waals surface area contributed by atoms with Gasteiger partial charge in [-0.05, 0) is 43.9 Å². The summed E-state index contributed by atoms with van der Waals surface area (Å²) in [6.45, 7) is 6.03. The lowest BCUT2D eigenvalue weighted by Crippen LogP contribution is -2.44. The lowest BCUT2D eigenvalue weighted by atomic mass is 10.0. The monoisotopic (exact) mass is 407 g/mol. The molecule has 0 spiro atoms. The zero-order valence-corrected chi connectivity index (χ0v) is 17.8. The fourth-order valence-corrected chi connectivity index (χ4v) is 4.16. The Bertz CT molecular complexity index is 946. The molecule has 5 nitrogen and oxygen atoms in total. The molecule has 0 amide bonds. The molecule has 0 unspecified atom stereocenters. The highest BCUT2D eigenvalue weighted by Gasteiger charge is 2.24. The smallest absolute Gasteiger partial charge is 0.132 e. The van der Waals surface area contributed by atoms with Gasteiger partial charge in [-0.25, -0.2) is 4.39 Å². The number of likely N-dealkylation sites (tertiary alicyclic amines) is 1. The van der Waals surface area contributed by atoms with Crippen molar-refractivity contribution >= 4 is 17.1 Å². The molecule has 2 fully saturated rings. The second kappa shape index (κ2) is 8.98. The first-order valence-corrected chi connectivity index (χ1v) is 10.5. The van der Waals surface area contributed by atoms with Crippen molar-refractivity contribution in [3.05, 3.63) is 71.0 Å². The van der Waals surface area contributed by atoms with E-state index in [0.29, 0.717) is 30.9 Å². The molecule has 0 radical (unpaired) electrons. The molecule has 0 aromatic heterocycles. The van der Waals surface area contributed by atoms with Gasteiger partial charge in [0.2, 0.25) is 0 Å². The highest BCUT2D eigenvalue weighted by Crippen LogP contribution is 2.25. The van der Waals surface area contributed by atoms with Gasteiger partial charge in [0.15, 0.2) is 0 Å². The van der Waals surface area contributed by atoms with Crippen LogP contribution < -0.4 is 10.2 Å². The van der Waals surface area contributed by atoms with Crippen molar-refractivity contribution in [3.8, 4) is 0 Å². The highest BCUT2D eigenvalue weighted by atomic mass is 19.1. The van der Waals surface area contributed by atoms with Crippen LogP contribution in [-0.4, -0.2) is 68.9 Å². The number of anilines is 1. The quantitative estimate of drug-likeness (QED) is 0.800. The number of hydrogen-bond donors (Lipinski definition) is 2. The molecule has 0 atom stereocenters. The van der Waals surface area contributed by atoms with Gasteiger partial charge in [0, 0.05) is 62.6 Å². The van der Waals surface area contributed by atoms with Gasteiger partial charge in [0.25, 0.3) is 0 Å². The maximum Gasteiger partial charge on any atom is 0.132 e. The maximum absolute atomic E-state index is 14.6. The molecule has 2 aromatic carbocycles. The van der Waals surface area contributed by atoms with E-state index in [4.69, 9.17) is 5.41 Å². The largest absolute Gasteiger partial charge is 0.380 e. The summed E-state index contributed by atoms with van der Waals surface area (Å²) in [6, 6.07) is 15.4. The van der Waals surface area contributed by atoms with Crippen LogP contribution in [0.25, 0.3) is 5.70 Å². The van der Waals surface area contributed by atoms with E-state index in [1.165, 1.54) is 11.8 Å². The van der Waals surface area contributed by atoms with Crippen LogP contribution in [0.15, 0.2) is 54.1 Å². The van der Waals surface area contributed by atoms with Crippen molar-refractivity contribution in [1.82, 2.24) is 15.1 Å². The van der Waals surface area contributed by atoms with Crippen LogP contribution >= 0.6 is 0 Å². The first-order chi connectivity index (χ1) is 14.5. The lowest BCUT2D eigenvalue weighted by molar-refractivity contribution is 0.313. The van der Waals surface area contributed by atoms with Gasteiger partial charge < -0.3 is 20.5 Å². The predicted molar refractivity (Wildman–Crippen MR) is 122 cm³/mol. The third-order valence-corrected chi connectivity index (χ3v) is 5.91. The summed E-state index contributed by atoms with van der Waals surface area (Å²) in [5.74, 6) is -0.263. The van der Waals surface area contributed by atoms with E-state index in [-0.39, 0.29) is 5.82 Å². The van der Waals surface area contributed by atoms with Crippen molar-refractivity contribution in [2.45, 2.75) is 6.54 Å². The number of piperazine rings is 1. The molecule has 0 saturated carbocycles. The van der Waals surface area contributed by atoms with Gasteiger partial charge in [0.05, 0.1) is 11.4 Å². The summed E-state index contributed by atoms with van der Waals surface area (Å²) in [5, 5.41) is 11.8. The van der Waals surface area contributed by atoms with E-state index in [0.717, 1.165) is 43.0 Å². The molecule has 2 aliphatic heterocycles. The SMILES string of the molecule is CN1CCN(c2cccc(CN/C(=C3/CN(C)CC3=N)c3ccccc3F)c2)CC1. The number of rotatable bonds is 5. The van der Waals surface area contributed by atoms with Gasteiger partial charge in [0.1, 0.15) is 5.82 Å². The molecule has 0 aliphatic carbocycles. The first kappa shape index (κ1) is 20.6. The molecule has 6 heteroatoms. The van der Waals surface area contributed by atoms with E-state index in [1.54, 1.807) is 12.1 Å². The van der Waals surface area contributed by atoms with E-state index in [2.05, 4.69) is 51.3 Å². The molecule has 158 valence electrons. The molecular formula is C24H30FN5. The summed E-state index contributed by atoms with van der Waals surface area (Å²) >= 11 is 0. The van der Waals surface area contributed by atoms with Crippen LogP contribution in [-0.2, 0) is 6.54 Å². The number of nitrogens with one attached hydrogen (secondary N) is 2. The maximum atomic E-state index is 14.6. The normalized spacial score (nSPS) is 20.0. The highest BCUT2D eigenvalue weighted by molar-refractivity contribution is 6.07. The fourth-order valence-electron chi connectivity index (χ4n) is 4.16. The summed E-state index contributed by atoms with van der Waals surface area (Å²) in [6.07, 6.45) is 0. The Kier molecular flexibility index (Phi) is 6.16. The fraction of sp³-hybridized carbons (Fsp3) is 0.375. The minimum Gasteiger partial charge on any atom is -0.380 e. The van der Waals surface area contributed by atoms with Crippen molar-refractivity contribution in [2.75, 3.05) is 58.3 Å². The molecule has 30 heavy (non-hydrogen) atoms. The second-order valence-electron chi connectivity index (χ2n) is 8.30. The number of hydrogen-bond acceptors (Lipinski definition) is 5. The van der Waals surface area contributed by atoms with Crippen LogP contribution in [0.4, 0.5) is 10.1 Å². The molecule has 2 heterocycles. The van der Waals surface area contributed by atoms with Crippen molar-refractivity contribution in [1.29, 1.82) is 5.41 Å². The summed E-state index contributed by atoms with van der Waals surface area (Å²) in [5.41, 5.74) is 5.07. The molecule has 0 bridgehead atoms. The molecule has 2 saturated heterocycles. The predicted octanol–water partition coefficient (Wildman–Crippen LogP) is 3.04. The average molecular weight is 408 g/mol. The van der Waals surface area contributed by atoms with Gasteiger partial charge in [-0.3, -0.25) is 4.90 Å². The molecule has 2 aromatic rings. The van der Waals surface area contributed by atoms with Crippen molar-refractivity contribution in [3.63, 3.8) is 0 Å². The molecule has 4 rings (SSSR count). The zero-order valence-electron chi connectivity index (χ0n) is 17.8. The third-order valence-electron chi connectivity index (χ3n) is 5.91. The lowest BCUT2D eigenvalue weighted by Gasteiger charge is -2.34. The van der Waals surface area contributed by atoms with E-state index in [1.807, 2.05) is 13.1 Å². The van der Waals surface area contributed by atoms with Crippen molar-refractivity contribution in [2.24, 2.45) is 0 Å². The standard InChI is InChI=1S/C24H30FN5/c1-28-10-12-30(13-11-28)19-7-5-6-18(14-19)15-27-24(20-8-3-4-9-22(20)25)21-16-29(2)17-23(21)26/h3-9,14,26-27H,10-13,15-17H2,1-2H3/b24-21-,26-23?. The van der Waals surface area contributed by atoms with E-state index >= 15 is 0 Å². The van der Waals surface area contributed by atoms with Gasteiger partial charge in [-0.2, -0.15) is 0 Å². The van der Waals surface area contributed by atoms with Crippen LogP contribution in [0.3, 0.4) is 0 Å². The van der Waals surface area contributed by atoms with Crippen LogP contribution in [0.5, 0.6) is 0 Å². The zero-order chi connectivity index (χ0) is 21.1. The minimum atomic E-state index is -0.263. The second-order valence-corrected chi connectivity index (χ2v) is 8.30. The van der Waals surface area contributed by atoms with Crippen molar-refractivity contribution < 1.29 is 4.39 Å². The average Bonchev–Trinajstić information content (AvgIpc) is 3.08. The molecule has 2 N–H and O–H groups in total. The Hall–Kier alpha value is -2.70. The number of nitrogens with zero attached hydrogens (tertiary/aromatic N) is 3. The third kappa shape index (κ3) is 4.55. The Morgan fingerprint density at radius 2 is 1.73 bits per heavy atom. The molecule has 2 aliphatic rings. The Labute approximate surface area is 178 Å². The van der Waals surface area contributed by atoms with Crippen LogP contribution in [0, 0.1) is 11.2 Å². The van der Waals surface area contributed by atoms with E-state index < -0.39 is 0 Å². The van der Waals surface area contributed by atoms with Gasteiger partial charge >= 0.3 is 0 Å². The Morgan fingerprint density at radius 3 is 2.43 bits per heavy atom. The van der Waals surface area contributed by atoms with E-state index in [9.17, 15) is 4.39 Å². The van der Waals surface area contributed by atoms with Gasteiger partial charge in [-0.1, -0.05) is 24.3 Å². The summed E-state index contributed by atoms with van der Waals surface area (Å²) < 4.78 is 14.6. The Balaban J connectivity index is 1.57. The topological polar surface area (TPSA) is 45.6 Å². The number of likely N-dealkylation sites (N-methyl/N-ethyl adjacent to an activating group) is 2. The Morgan fingerprint density at radius 1 is 0.967 bits per heavy atom. The number of halogens is 1. The van der Waals surface area contributed by atoms with Crippen LogP contribution in [0.1, 0.15) is 11.1 Å². The first-order valence-electron chi connectivity index (χ1n) is 10.5. The summed E-state index contributed by atoms with van der Waals surface area (Å²) in [7, 11) is 4.15. The number of benzene rings is 2.